The molecule has 0 aromatic rings. The van der Waals surface area contributed by atoms with Crippen molar-refractivity contribution < 1.29 is 27.9 Å². The highest BCUT2D eigenvalue weighted by atomic mass is 127. The number of hydrogen-bond donors (Lipinski definition) is 3. The van der Waals surface area contributed by atoms with Crippen LogP contribution in [-0.2, 0) is 12.5 Å². The Bertz CT molecular complexity index is 312. The number of ether oxygens (including phenoxy) is 2. The minimum atomic E-state index is -1.20. The molecule has 0 aromatic heterocycles. The third-order valence-corrected chi connectivity index (χ3v) is 4.47. The van der Waals surface area contributed by atoms with Crippen LogP contribution in [0.15, 0.2) is 0 Å². The van der Waals surface area contributed by atoms with Crippen LogP contribution in [0.3, 0.4) is 0 Å². The van der Waals surface area contributed by atoms with Gasteiger partial charge in [0.15, 0.2) is 6.29 Å². The quantitative estimate of drug-likeness (QED) is 0.475. The maximum atomic E-state index is 10.0. The van der Waals surface area contributed by atoms with Crippen molar-refractivity contribution in [3.8, 4) is 0 Å². The van der Waals surface area contributed by atoms with E-state index in [1.165, 1.54) is 0 Å². The lowest BCUT2D eigenvalue weighted by Gasteiger charge is -2.41. The maximum Gasteiger partial charge on any atom is 0.187 e. The summed E-state index contributed by atoms with van der Waals surface area (Å²) in [5, 5.41) is 29.1. The molecule has 1 aliphatic heterocycles. The molecule has 132 valence electrons. The molecular formula is C14H28INO6. The van der Waals surface area contributed by atoms with E-state index in [0.29, 0.717) is 25.2 Å². The lowest BCUT2D eigenvalue weighted by atomic mass is 9.99. The molecule has 3 N–H and O–H groups in total. The van der Waals surface area contributed by atoms with Gasteiger partial charge in [0, 0.05) is 18.6 Å². The van der Waals surface area contributed by atoms with Crippen LogP contribution in [0.25, 0.3) is 0 Å². The molecule has 0 radical (unpaired) electrons. The summed E-state index contributed by atoms with van der Waals surface area (Å²) in [6.45, 7) is 9.21. The van der Waals surface area contributed by atoms with Gasteiger partial charge in [0.25, 0.3) is 0 Å². The molecule has 0 spiro atoms. The van der Waals surface area contributed by atoms with Gasteiger partial charge in [-0.05, 0) is 27.7 Å². The second-order valence-corrected chi connectivity index (χ2v) is 6.57. The first-order valence-corrected chi connectivity index (χ1v) is 8.48. The van der Waals surface area contributed by atoms with E-state index < -0.39 is 37.3 Å². The number of halogens is 1. The van der Waals surface area contributed by atoms with Crippen LogP contribution in [0.1, 0.15) is 27.7 Å². The molecule has 1 rings (SSSR count). The van der Waals surface area contributed by atoms with E-state index in [2.05, 4.69) is 32.6 Å². The minimum absolute atomic E-state index is 0.393. The zero-order valence-corrected chi connectivity index (χ0v) is 15.7. The summed E-state index contributed by atoms with van der Waals surface area (Å²) in [7, 11) is 0. The summed E-state index contributed by atoms with van der Waals surface area (Å²) < 4.78 is 16.3. The van der Waals surface area contributed by atoms with Gasteiger partial charge in [-0.15, -0.1) is 0 Å². The van der Waals surface area contributed by atoms with E-state index in [1.54, 1.807) is 23.0 Å². The summed E-state index contributed by atoms with van der Waals surface area (Å²) in [5.41, 5.74) is 0. The highest BCUT2D eigenvalue weighted by molar-refractivity contribution is 14.1. The molecule has 0 aromatic carbocycles. The van der Waals surface area contributed by atoms with Gasteiger partial charge in [0.05, 0.1) is 13.2 Å². The normalized spacial score (nSPS) is 33.1. The second kappa shape index (κ2) is 9.67. The largest absolute Gasteiger partial charge is 0.394 e. The fourth-order valence-corrected chi connectivity index (χ4v) is 3.21. The maximum absolute atomic E-state index is 10.0. The third-order valence-electron chi connectivity index (χ3n) is 3.89. The third kappa shape index (κ3) is 5.23. The molecule has 1 fully saturated rings. The molecule has 5 unspecified atom stereocenters. The van der Waals surface area contributed by atoms with Gasteiger partial charge in [0.1, 0.15) is 47.4 Å². The average Bonchev–Trinajstić information content (AvgIpc) is 2.46. The summed E-state index contributed by atoms with van der Waals surface area (Å²) >= 11 is 1.65. The Hall–Kier alpha value is 0.450. The Morgan fingerprint density at radius 1 is 1.14 bits per heavy atom. The molecule has 0 amide bonds. The van der Waals surface area contributed by atoms with Gasteiger partial charge in [-0.1, -0.05) is 0 Å². The van der Waals surface area contributed by atoms with Crippen LogP contribution in [0.2, 0.25) is 0 Å². The average molecular weight is 433 g/mol. The van der Waals surface area contributed by atoms with Crippen LogP contribution >= 0.6 is 23.0 Å². The number of rotatable bonds is 8. The Kier molecular flexibility index (Phi) is 9.01. The summed E-state index contributed by atoms with van der Waals surface area (Å²) in [4.78, 5) is 2.28. The molecule has 1 saturated heterocycles. The molecular weight excluding hydrogens is 405 g/mol. The van der Waals surface area contributed by atoms with Crippen molar-refractivity contribution in [2.75, 3.05) is 19.8 Å². The van der Waals surface area contributed by atoms with Crippen LogP contribution in [0, 0.1) is 0 Å². The smallest absolute Gasteiger partial charge is 0.187 e. The monoisotopic (exact) mass is 433 g/mol. The number of aliphatic hydroxyl groups is 3. The first-order chi connectivity index (χ1) is 10.3. The lowest BCUT2D eigenvalue weighted by molar-refractivity contribution is -0.291. The first-order valence-electron chi connectivity index (χ1n) is 7.60. The minimum Gasteiger partial charge on any atom is -0.394 e. The Morgan fingerprint density at radius 2 is 1.73 bits per heavy atom. The second-order valence-electron chi connectivity index (χ2n) is 6.06. The van der Waals surface area contributed by atoms with Crippen LogP contribution in [0.4, 0.5) is 0 Å². The SMILES string of the molecule is CC(C)N(CCOC1OC(CO)C(O)C(O)C1OI)C(C)C. The van der Waals surface area contributed by atoms with Crippen LogP contribution < -0.4 is 0 Å². The van der Waals surface area contributed by atoms with Gasteiger partial charge in [-0.25, -0.2) is 0 Å². The molecule has 0 saturated carbocycles. The molecule has 0 bridgehead atoms. The van der Waals surface area contributed by atoms with Gasteiger partial charge in [-0.3, -0.25) is 4.90 Å². The molecule has 1 aliphatic rings. The zero-order chi connectivity index (χ0) is 16.9. The van der Waals surface area contributed by atoms with Gasteiger partial charge in [0.2, 0.25) is 0 Å². The summed E-state index contributed by atoms with van der Waals surface area (Å²) in [6, 6.07) is 0.787. The number of nitrogens with zero attached hydrogens (tertiary/aromatic N) is 1. The van der Waals surface area contributed by atoms with Crippen molar-refractivity contribution in [1.29, 1.82) is 0 Å². The molecule has 8 heteroatoms. The van der Waals surface area contributed by atoms with Crippen molar-refractivity contribution in [1.82, 2.24) is 4.90 Å². The van der Waals surface area contributed by atoms with E-state index in [0.717, 1.165) is 0 Å². The molecule has 1 heterocycles. The number of aliphatic hydroxyl groups excluding tert-OH is 3. The van der Waals surface area contributed by atoms with Crippen molar-refractivity contribution in [3.05, 3.63) is 0 Å². The standard InChI is InChI=1S/C14H28INO6/c1-8(2)16(9(3)4)5-6-20-14-13(22-15)12(19)11(18)10(7-17)21-14/h8-14,17-19H,5-7H2,1-4H3. The molecule has 7 nitrogen and oxygen atoms in total. The summed E-state index contributed by atoms with van der Waals surface area (Å²) in [5.74, 6) is 0. The zero-order valence-electron chi connectivity index (χ0n) is 13.6. The van der Waals surface area contributed by atoms with Gasteiger partial charge >= 0.3 is 0 Å². The van der Waals surface area contributed by atoms with Crippen molar-refractivity contribution in [3.63, 3.8) is 0 Å². The van der Waals surface area contributed by atoms with Crippen LogP contribution in [0.5, 0.6) is 0 Å². The van der Waals surface area contributed by atoms with Crippen LogP contribution in [-0.4, -0.2) is 82.8 Å². The van der Waals surface area contributed by atoms with Gasteiger partial charge in [-0.2, -0.15) is 0 Å². The Balaban J connectivity index is 2.58. The van der Waals surface area contributed by atoms with Crippen molar-refractivity contribution >= 4 is 23.0 Å². The lowest BCUT2D eigenvalue weighted by Crippen LogP contribution is -2.59. The van der Waals surface area contributed by atoms with Crippen molar-refractivity contribution in [2.24, 2.45) is 0 Å². The summed E-state index contributed by atoms with van der Waals surface area (Å²) in [6.07, 6.45) is -4.88. The predicted octanol–water partition coefficient (Wildman–Crippen LogP) is 0.296. The van der Waals surface area contributed by atoms with E-state index in [1.807, 2.05) is 0 Å². The molecule has 5 atom stereocenters. The van der Waals surface area contributed by atoms with E-state index >= 15 is 0 Å². The van der Waals surface area contributed by atoms with E-state index in [4.69, 9.17) is 12.5 Å². The Labute approximate surface area is 146 Å². The Morgan fingerprint density at radius 3 is 2.18 bits per heavy atom. The fraction of sp³-hybridized carbons (Fsp3) is 1.00. The number of hydrogen-bond acceptors (Lipinski definition) is 7. The molecule has 0 aliphatic carbocycles. The topological polar surface area (TPSA) is 91.6 Å². The van der Waals surface area contributed by atoms with Gasteiger partial charge < -0.3 is 27.9 Å². The fourth-order valence-electron chi connectivity index (χ4n) is 2.67. The first kappa shape index (κ1) is 20.5. The highest BCUT2D eigenvalue weighted by Crippen LogP contribution is 2.25. The predicted molar refractivity (Wildman–Crippen MR) is 89.6 cm³/mol. The molecule has 22 heavy (non-hydrogen) atoms. The van der Waals surface area contributed by atoms with E-state index in [9.17, 15) is 15.3 Å². The van der Waals surface area contributed by atoms with E-state index in [-0.39, 0.29) is 0 Å². The van der Waals surface area contributed by atoms with Crippen molar-refractivity contribution in [2.45, 2.75) is 70.5 Å². The highest BCUT2D eigenvalue weighted by Gasteiger charge is 2.45.